The predicted molar refractivity (Wildman–Crippen MR) is 85.7 cm³/mol. The monoisotopic (exact) mass is 338 g/mol. The maximum atomic E-state index is 12.1. The highest BCUT2D eigenvalue weighted by molar-refractivity contribution is 7.91. The second-order valence-electron chi connectivity index (χ2n) is 5.52. The molecule has 10 heteroatoms. The molecular formula is C13H18N6O3S. The Hall–Kier alpha value is -2.20. The first-order valence-electron chi connectivity index (χ1n) is 7.23. The van der Waals surface area contributed by atoms with Crippen LogP contribution in [0.4, 0.5) is 10.6 Å². The summed E-state index contributed by atoms with van der Waals surface area (Å²) in [5, 5.41) is 7.15. The van der Waals surface area contributed by atoms with Crippen molar-refractivity contribution in [2.45, 2.75) is 24.3 Å². The van der Waals surface area contributed by atoms with Crippen LogP contribution in [0.3, 0.4) is 0 Å². The Balaban J connectivity index is 1.71. The number of aromatic nitrogens is 3. The molecule has 2 amide bonds. The Morgan fingerprint density at radius 3 is 3.00 bits per heavy atom. The van der Waals surface area contributed by atoms with Crippen LogP contribution in [0.2, 0.25) is 0 Å². The number of hydrogen-bond acceptors (Lipinski definition) is 6. The first kappa shape index (κ1) is 15.7. The first-order chi connectivity index (χ1) is 10.9. The molecule has 124 valence electrons. The number of nitrogens with one attached hydrogen (secondary N) is 4. The van der Waals surface area contributed by atoms with Crippen LogP contribution in [0.1, 0.15) is 12.8 Å². The Labute approximate surface area is 133 Å². The maximum absolute atomic E-state index is 12.1. The smallest absolute Gasteiger partial charge is 0.321 e. The zero-order valence-corrected chi connectivity index (χ0v) is 13.4. The van der Waals surface area contributed by atoms with Crippen LogP contribution < -0.4 is 16.0 Å². The average Bonchev–Trinajstić information content (AvgIpc) is 3.14. The van der Waals surface area contributed by atoms with Gasteiger partial charge in [0.15, 0.2) is 21.3 Å². The Kier molecular flexibility index (Phi) is 4.18. The van der Waals surface area contributed by atoms with Crippen molar-refractivity contribution in [1.29, 1.82) is 0 Å². The number of rotatable bonds is 4. The fourth-order valence-electron chi connectivity index (χ4n) is 2.65. The SMILES string of the molecule is CS(=O)(=O)C(NC(=O)Nc1cnc2[nH]ccc2n1)C1CCCN1. The summed E-state index contributed by atoms with van der Waals surface area (Å²) in [7, 11) is -3.44. The topological polar surface area (TPSA) is 129 Å². The number of carbonyl (C=O) groups is 1. The molecule has 1 aliphatic heterocycles. The molecule has 1 aliphatic rings. The van der Waals surface area contributed by atoms with Gasteiger partial charge in [-0.15, -0.1) is 0 Å². The second-order valence-corrected chi connectivity index (χ2v) is 7.69. The summed E-state index contributed by atoms with van der Waals surface area (Å²) in [6.07, 6.45) is 5.80. The van der Waals surface area contributed by atoms with Gasteiger partial charge in [0, 0.05) is 18.5 Å². The Morgan fingerprint density at radius 1 is 1.48 bits per heavy atom. The molecule has 0 spiro atoms. The molecule has 1 fully saturated rings. The van der Waals surface area contributed by atoms with E-state index in [-0.39, 0.29) is 11.9 Å². The van der Waals surface area contributed by atoms with Crippen LogP contribution in [0.15, 0.2) is 18.5 Å². The van der Waals surface area contributed by atoms with Crippen LogP contribution in [0.25, 0.3) is 11.2 Å². The minimum atomic E-state index is -3.44. The van der Waals surface area contributed by atoms with Crippen LogP contribution in [0.5, 0.6) is 0 Å². The number of sulfone groups is 1. The van der Waals surface area contributed by atoms with Gasteiger partial charge in [0.05, 0.1) is 6.20 Å². The zero-order chi connectivity index (χ0) is 16.4. The third-order valence-corrected chi connectivity index (χ3v) is 5.07. The molecule has 1 saturated heterocycles. The third-order valence-electron chi connectivity index (χ3n) is 3.70. The predicted octanol–water partition coefficient (Wildman–Crippen LogP) is 0.202. The van der Waals surface area contributed by atoms with Gasteiger partial charge in [0.25, 0.3) is 0 Å². The summed E-state index contributed by atoms with van der Waals surface area (Å²) in [6.45, 7) is 0.746. The van der Waals surface area contributed by atoms with Crippen LogP contribution in [0, 0.1) is 0 Å². The van der Waals surface area contributed by atoms with Crippen LogP contribution >= 0.6 is 0 Å². The molecule has 0 aromatic carbocycles. The molecule has 2 atom stereocenters. The molecule has 0 saturated carbocycles. The number of fused-ring (bicyclic) bond motifs is 1. The molecule has 0 aliphatic carbocycles. The van der Waals surface area contributed by atoms with Crippen molar-refractivity contribution < 1.29 is 13.2 Å². The van der Waals surface area contributed by atoms with Gasteiger partial charge in [-0.25, -0.2) is 23.2 Å². The van der Waals surface area contributed by atoms with E-state index in [2.05, 4.69) is 30.9 Å². The lowest BCUT2D eigenvalue weighted by Crippen LogP contribution is -2.52. The third kappa shape index (κ3) is 3.59. The number of aromatic amines is 1. The summed E-state index contributed by atoms with van der Waals surface area (Å²) >= 11 is 0. The lowest BCUT2D eigenvalue weighted by molar-refractivity contribution is 0.249. The number of urea groups is 1. The summed E-state index contributed by atoms with van der Waals surface area (Å²) in [6, 6.07) is 0.819. The molecule has 2 unspecified atom stereocenters. The summed E-state index contributed by atoms with van der Waals surface area (Å²) in [5.74, 6) is 0.251. The molecule has 3 heterocycles. The Morgan fingerprint density at radius 2 is 2.30 bits per heavy atom. The van der Waals surface area contributed by atoms with Crippen molar-refractivity contribution in [3.05, 3.63) is 18.5 Å². The lowest BCUT2D eigenvalue weighted by Gasteiger charge is -2.23. The molecule has 0 radical (unpaired) electrons. The van der Waals surface area contributed by atoms with Crippen molar-refractivity contribution in [3.63, 3.8) is 0 Å². The van der Waals surface area contributed by atoms with Crippen molar-refractivity contribution >= 4 is 32.9 Å². The molecule has 2 aromatic heterocycles. The van der Waals surface area contributed by atoms with E-state index in [4.69, 9.17) is 0 Å². The van der Waals surface area contributed by atoms with Crippen LogP contribution in [-0.2, 0) is 9.84 Å². The quantitative estimate of drug-likeness (QED) is 0.630. The highest BCUT2D eigenvalue weighted by atomic mass is 32.2. The molecule has 2 aromatic rings. The minimum absolute atomic E-state index is 0.251. The van der Waals surface area contributed by atoms with E-state index >= 15 is 0 Å². The molecule has 0 bridgehead atoms. The largest absolute Gasteiger partial charge is 0.345 e. The van der Waals surface area contributed by atoms with Gasteiger partial charge in [-0.05, 0) is 25.5 Å². The van der Waals surface area contributed by atoms with E-state index in [0.717, 1.165) is 19.2 Å². The molecule has 23 heavy (non-hydrogen) atoms. The van der Waals surface area contributed by atoms with Crippen molar-refractivity contribution in [3.8, 4) is 0 Å². The average molecular weight is 338 g/mol. The first-order valence-corrected chi connectivity index (χ1v) is 9.19. The van der Waals surface area contributed by atoms with Gasteiger partial charge in [0.1, 0.15) is 10.9 Å². The number of amides is 2. The maximum Gasteiger partial charge on any atom is 0.321 e. The van der Waals surface area contributed by atoms with Gasteiger partial charge in [-0.2, -0.15) is 0 Å². The van der Waals surface area contributed by atoms with E-state index in [9.17, 15) is 13.2 Å². The molecule has 3 rings (SSSR count). The lowest BCUT2D eigenvalue weighted by atomic mass is 10.2. The van der Waals surface area contributed by atoms with E-state index in [0.29, 0.717) is 17.6 Å². The Bertz CT molecular complexity index is 812. The summed E-state index contributed by atoms with van der Waals surface area (Å²) in [4.78, 5) is 23.3. The molecular weight excluding hydrogens is 320 g/mol. The number of carbonyl (C=O) groups excluding carboxylic acids is 1. The van der Waals surface area contributed by atoms with Crippen molar-refractivity contribution in [1.82, 2.24) is 25.6 Å². The number of hydrogen-bond donors (Lipinski definition) is 4. The van der Waals surface area contributed by atoms with E-state index in [1.165, 1.54) is 6.20 Å². The van der Waals surface area contributed by atoms with Crippen molar-refractivity contribution in [2.24, 2.45) is 0 Å². The van der Waals surface area contributed by atoms with E-state index < -0.39 is 21.2 Å². The zero-order valence-electron chi connectivity index (χ0n) is 12.5. The second kappa shape index (κ2) is 6.13. The van der Waals surface area contributed by atoms with Gasteiger partial charge in [0.2, 0.25) is 0 Å². The van der Waals surface area contributed by atoms with Gasteiger partial charge >= 0.3 is 6.03 Å². The normalized spacial score (nSPS) is 19.6. The summed E-state index contributed by atoms with van der Waals surface area (Å²) < 4.78 is 23.9. The highest BCUT2D eigenvalue weighted by Crippen LogP contribution is 2.14. The van der Waals surface area contributed by atoms with E-state index in [1.54, 1.807) is 12.3 Å². The minimum Gasteiger partial charge on any atom is -0.345 e. The van der Waals surface area contributed by atoms with Gasteiger partial charge < -0.3 is 15.6 Å². The summed E-state index contributed by atoms with van der Waals surface area (Å²) in [5.41, 5.74) is 1.22. The number of H-pyrrole nitrogens is 1. The van der Waals surface area contributed by atoms with Crippen LogP contribution in [-0.4, -0.2) is 53.6 Å². The molecule has 9 nitrogen and oxygen atoms in total. The fraction of sp³-hybridized carbons (Fsp3) is 0.462. The fourth-order valence-corrected chi connectivity index (χ4v) is 3.80. The van der Waals surface area contributed by atoms with Gasteiger partial charge in [-0.3, -0.25) is 5.32 Å². The molecule has 4 N–H and O–H groups in total. The number of nitrogens with zero attached hydrogens (tertiary/aromatic N) is 2. The van der Waals surface area contributed by atoms with Gasteiger partial charge in [-0.1, -0.05) is 0 Å². The standard InChI is InChI=1S/C13H18N6O3S/c1-23(21,22)12(9-3-2-5-14-9)19-13(20)18-10-7-16-11-8(17-10)4-6-15-11/h4,6-7,9,12,14H,2-3,5H2,1H3,(H,15,16)(H2,17,18,19,20). The van der Waals surface area contributed by atoms with Crippen molar-refractivity contribution in [2.75, 3.05) is 18.1 Å². The number of anilines is 1. The van der Waals surface area contributed by atoms with E-state index in [1.807, 2.05) is 0 Å². The highest BCUT2D eigenvalue weighted by Gasteiger charge is 2.33.